The maximum atomic E-state index is 13.7. The number of rotatable bonds is 14. The highest BCUT2D eigenvalue weighted by molar-refractivity contribution is 7.99. The minimum atomic E-state index is -0.730. The first kappa shape index (κ1) is 30.5. The van der Waals surface area contributed by atoms with Crippen molar-refractivity contribution in [3.63, 3.8) is 0 Å². The van der Waals surface area contributed by atoms with E-state index in [2.05, 4.69) is 12.2 Å². The van der Waals surface area contributed by atoms with E-state index in [1.807, 2.05) is 30.3 Å². The molecule has 0 fully saturated rings. The molecule has 0 radical (unpaired) electrons. The number of halogens is 2. The highest BCUT2D eigenvalue weighted by atomic mass is 35.5. The van der Waals surface area contributed by atoms with Gasteiger partial charge < -0.3 is 10.2 Å². The lowest BCUT2D eigenvalue weighted by Crippen LogP contribution is -2.51. The number of thioether (sulfide) groups is 1. The van der Waals surface area contributed by atoms with E-state index in [0.717, 1.165) is 29.5 Å². The third-order valence-corrected chi connectivity index (χ3v) is 7.81. The van der Waals surface area contributed by atoms with Crippen LogP contribution in [0.1, 0.15) is 36.5 Å². The number of nitrogens with one attached hydrogen (secondary N) is 1. The van der Waals surface area contributed by atoms with Crippen molar-refractivity contribution >= 4 is 52.5 Å². The number of hydrogen-bond donors (Lipinski definition) is 1. The highest BCUT2D eigenvalue weighted by Gasteiger charge is 2.30. The van der Waals surface area contributed by atoms with Gasteiger partial charge in [-0.3, -0.25) is 19.7 Å². The predicted molar refractivity (Wildman–Crippen MR) is 158 cm³/mol. The third kappa shape index (κ3) is 9.56. The van der Waals surface area contributed by atoms with Gasteiger partial charge in [0.05, 0.1) is 20.7 Å². The molecule has 0 aliphatic heterocycles. The van der Waals surface area contributed by atoms with Gasteiger partial charge in [-0.05, 0) is 35.2 Å². The van der Waals surface area contributed by atoms with Gasteiger partial charge in [-0.1, -0.05) is 85.1 Å². The van der Waals surface area contributed by atoms with Crippen molar-refractivity contribution in [3.05, 3.63) is 110 Å². The van der Waals surface area contributed by atoms with E-state index in [9.17, 15) is 19.7 Å². The van der Waals surface area contributed by atoms with Gasteiger partial charge in [0.1, 0.15) is 6.04 Å². The molecule has 0 spiro atoms. The topological polar surface area (TPSA) is 92.6 Å². The van der Waals surface area contributed by atoms with E-state index in [1.54, 1.807) is 35.2 Å². The Balaban J connectivity index is 1.83. The molecule has 0 heterocycles. The summed E-state index contributed by atoms with van der Waals surface area (Å²) < 4.78 is 0. The quantitative estimate of drug-likeness (QED) is 0.129. The molecule has 3 aromatic carbocycles. The Bertz CT molecular complexity index is 1260. The molecule has 0 saturated heterocycles. The average Bonchev–Trinajstić information content (AvgIpc) is 2.93. The average molecular weight is 589 g/mol. The van der Waals surface area contributed by atoms with E-state index in [1.165, 1.54) is 23.9 Å². The summed E-state index contributed by atoms with van der Waals surface area (Å²) in [5.74, 6) is 0.225. The fourth-order valence-electron chi connectivity index (χ4n) is 3.95. The van der Waals surface area contributed by atoms with Gasteiger partial charge in [0, 0.05) is 37.4 Å². The largest absolute Gasteiger partial charge is 0.354 e. The molecule has 0 aliphatic carbocycles. The normalized spacial score (nSPS) is 11.6. The van der Waals surface area contributed by atoms with Gasteiger partial charge in [0.25, 0.3) is 5.69 Å². The number of carbonyl (C=O) groups excluding carboxylic acids is 2. The number of nitro groups is 1. The second kappa shape index (κ2) is 15.5. The molecule has 10 heteroatoms. The van der Waals surface area contributed by atoms with E-state index < -0.39 is 11.0 Å². The summed E-state index contributed by atoms with van der Waals surface area (Å²) in [4.78, 5) is 39.2. The maximum absolute atomic E-state index is 13.7. The van der Waals surface area contributed by atoms with Crippen LogP contribution in [0.25, 0.3) is 0 Å². The fraction of sp³-hybridized carbons (Fsp3) is 0.310. The van der Waals surface area contributed by atoms with Crippen LogP contribution in [0.3, 0.4) is 0 Å². The number of carbonyl (C=O) groups is 2. The Morgan fingerprint density at radius 2 is 1.67 bits per heavy atom. The predicted octanol–water partition coefficient (Wildman–Crippen LogP) is 6.69. The zero-order valence-electron chi connectivity index (χ0n) is 21.6. The van der Waals surface area contributed by atoms with Crippen molar-refractivity contribution in [2.24, 2.45) is 0 Å². The molecule has 0 aromatic heterocycles. The molecule has 3 rings (SSSR count). The van der Waals surface area contributed by atoms with Crippen molar-refractivity contribution < 1.29 is 14.5 Å². The zero-order valence-corrected chi connectivity index (χ0v) is 24.0. The second-order valence-corrected chi connectivity index (χ2v) is 10.8. The monoisotopic (exact) mass is 587 g/mol. The standard InChI is InChI=1S/C29H31Cl2N3O4S/c1-2-3-15-32-29(36)27(17-21-7-5-4-6-8-21)33(18-23-11-14-25(30)26(31)16-23)28(35)20-39-19-22-9-12-24(13-10-22)34(37)38/h4-14,16,27H,2-3,15,17-20H2,1H3,(H,32,36)/t27-/m0/s1. The van der Waals surface area contributed by atoms with Crippen LogP contribution in [0.15, 0.2) is 72.8 Å². The van der Waals surface area contributed by atoms with Crippen LogP contribution >= 0.6 is 35.0 Å². The Hall–Kier alpha value is -3.07. The van der Waals surface area contributed by atoms with E-state index >= 15 is 0 Å². The minimum Gasteiger partial charge on any atom is -0.354 e. The molecule has 1 atom stereocenters. The van der Waals surface area contributed by atoms with Crippen molar-refractivity contribution in [2.75, 3.05) is 12.3 Å². The van der Waals surface area contributed by atoms with E-state index in [-0.39, 0.29) is 29.8 Å². The van der Waals surface area contributed by atoms with Crippen molar-refractivity contribution in [3.8, 4) is 0 Å². The number of non-ortho nitro benzene ring substituents is 1. The Kier molecular flexibility index (Phi) is 12.1. The number of unbranched alkanes of at least 4 members (excludes halogenated alkanes) is 1. The molecular formula is C29H31Cl2N3O4S. The van der Waals surface area contributed by atoms with Gasteiger partial charge in [-0.2, -0.15) is 0 Å². The summed E-state index contributed by atoms with van der Waals surface area (Å²) in [7, 11) is 0. The molecule has 0 saturated carbocycles. The molecule has 39 heavy (non-hydrogen) atoms. The molecule has 1 N–H and O–H groups in total. The van der Waals surface area contributed by atoms with E-state index in [4.69, 9.17) is 23.2 Å². The number of benzene rings is 3. The summed E-state index contributed by atoms with van der Waals surface area (Å²) in [6, 6.07) is 20.3. The summed E-state index contributed by atoms with van der Waals surface area (Å²) in [6.45, 7) is 2.77. The summed E-state index contributed by atoms with van der Waals surface area (Å²) >= 11 is 13.8. The molecule has 0 unspecified atom stereocenters. The summed E-state index contributed by atoms with van der Waals surface area (Å²) in [5, 5.41) is 14.7. The van der Waals surface area contributed by atoms with Crippen LogP contribution in [0, 0.1) is 10.1 Å². The lowest BCUT2D eigenvalue weighted by molar-refractivity contribution is -0.384. The van der Waals surface area contributed by atoms with Gasteiger partial charge in [-0.25, -0.2) is 0 Å². The van der Waals surface area contributed by atoms with Gasteiger partial charge in [-0.15, -0.1) is 11.8 Å². The second-order valence-electron chi connectivity index (χ2n) is 9.04. The lowest BCUT2D eigenvalue weighted by Gasteiger charge is -2.31. The van der Waals surface area contributed by atoms with Crippen LogP contribution < -0.4 is 5.32 Å². The number of nitro benzene ring substituents is 1. The summed E-state index contributed by atoms with van der Waals surface area (Å²) in [6.07, 6.45) is 2.14. The SMILES string of the molecule is CCCCNC(=O)[C@H](Cc1ccccc1)N(Cc1ccc(Cl)c(Cl)c1)C(=O)CSCc1ccc([N+](=O)[O-])cc1. The van der Waals surface area contributed by atoms with Crippen molar-refractivity contribution in [2.45, 2.75) is 44.5 Å². The first-order chi connectivity index (χ1) is 18.8. The lowest BCUT2D eigenvalue weighted by atomic mass is 10.0. The molecule has 0 aliphatic rings. The number of nitrogens with zero attached hydrogens (tertiary/aromatic N) is 2. The highest BCUT2D eigenvalue weighted by Crippen LogP contribution is 2.25. The number of amides is 2. The summed E-state index contributed by atoms with van der Waals surface area (Å²) in [5.41, 5.74) is 2.59. The van der Waals surface area contributed by atoms with Gasteiger partial charge >= 0.3 is 0 Å². The first-order valence-corrected chi connectivity index (χ1v) is 14.6. The minimum absolute atomic E-state index is 0.0190. The van der Waals surface area contributed by atoms with Crippen LogP contribution in [-0.4, -0.2) is 40.0 Å². The smallest absolute Gasteiger partial charge is 0.269 e. The Morgan fingerprint density at radius 3 is 2.31 bits per heavy atom. The van der Waals surface area contributed by atoms with Gasteiger partial charge in [0.2, 0.25) is 11.8 Å². The zero-order chi connectivity index (χ0) is 28.2. The number of hydrogen-bond acceptors (Lipinski definition) is 5. The maximum Gasteiger partial charge on any atom is 0.269 e. The van der Waals surface area contributed by atoms with Crippen LogP contribution in [0.2, 0.25) is 10.0 Å². The van der Waals surface area contributed by atoms with Crippen molar-refractivity contribution in [1.29, 1.82) is 0 Å². The fourth-order valence-corrected chi connectivity index (χ4v) is 5.14. The first-order valence-electron chi connectivity index (χ1n) is 12.6. The third-order valence-electron chi connectivity index (χ3n) is 6.08. The molecular weight excluding hydrogens is 557 g/mol. The van der Waals surface area contributed by atoms with Crippen LogP contribution in [0.4, 0.5) is 5.69 Å². The molecule has 0 bridgehead atoms. The molecule has 206 valence electrons. The molecule has 3 aromatic rings. The van der Waals surface area contributed by atoms with E-state index in [0.29, 0.717) is 28.8 Å². The van der Waals surface area contributed by atoms with Crippen molar-refractivity contribution in [1.82, 2.24) is 10.2 Å². The van der Waals surface area contributed by atoms with Gasteiger partial charge in [0.15, 0.2) is 0 Å². The molecule has 7 nitrogen and oxygen atoms in total. The van der Waals surface area contributed by atoms with Crippen LogP contribution in [0.5, 0.6) is 0 Å². The molecule has 2 amide bonds. The Morgan fingerprint density at radius 1 is 0.974 bits per heavy atom. The Labute approximate surface area is 243 Å². The van der Waals surface area contributed by atoms with Crippen LogP contribution in [-0.2, 0) is 28.3 Å².